The highest BCUT2D eigenvalue weighted by atomic mass is 32.2. The fourth-order valence-electron chi connectivity index (χ4n) is 1.58. The van der Waals surface area contributed by atoms with Gasteiger partial charge >= 0.3 is 0 Å². The minimum atomic E-state index is -0.675. The predicted molar refractivity (Wildman–Crippen MR) is 71.6 cm³/mol. The van der Waals surface area contributed by atoms with Crippen LogP contribution in [0.1, 0.15) is 35.5 Å². The molecule has 1 aromatic rings. The number of aromatic nitrogens is 1. The molecule has 0 saturated heterocycles. The Morgan fingerprint density at radius 2 is 2.19 bits per heavy atom. The standard InChI is InChI=1S/C11H20N2OS2/c1-5-16(14)7-6-12-8(2)11-9(3)13-10(4)15-11/h8,12H,5-7H2,1-4H3. The zero-order valence-electron chi connectivity index (χ0n) is 10.4. The lowest BCUT2D eigenvalue weighted by Crippen LogP contribution is -2.24. The van der Waals surface area contributed by atoms with Crippen LogP contribution in [0.4, 0.5) is 0 Å². The highest BCUT2D eigenvalue weighted by molar-refractivity contribution is 7.84. The molecule has 0 bridgehead atoms. The van der Waals surface area contributed by atoms with Gasteiger partial charge in [-0.05, 0) is 20.8 Å². The third-order valence-electron chi connectivity index (χ3n) is 2.43. The van der Waals surface area contributed by atoms with E-state index in [0.29, 0.717) is 6.04 Å². The Hall–Kier alpha value is -0.260. The molecule has 2 unspecified atom stereocenters. The number of nitrogens with zero attached hydrogens (tertiary/aromatic N) is 1. The van der Waals surface area contributed by atoms with E-state index in [9.17, 15) is 4.21 Å². The number of hydrogen-bond acceptors (Lipinski definition) is 4. The summed E-state index contributed by atoms with van der Waals surface area (Å²) in [5.41, 5.74) is 1.11. The molecule has 1 rings (SSSR count). The van der Waals surface area contributed by atoms with E-state index >= 15 is 0 Å². The fraction of sp³-hybridized carbons (Fsp3) is 0.727. The molecule has 0 aliphatic heterocycles. The summed E-state index contributed by atoms with van der Waals surface area (Å²) in [6.45, 7) is 8.96. The number of hydrogen-bond donors (Lipinski definition) is 1. The van der Waals surface area contributed by atoms with Gasteiger partial charge in [-0.25, -0.2) is 4.98 Å². The van der Waals surface area contributed by atoms with Gasteiger partial charge < -0.3 is 5.32 Å². The lowest BCUT2D eigenvalue weighted by Gasteiger charge is -2.12. The molecule has 0 aromatic carbocycles. The summed E-state index contributed by atoms with van der Waals surface area (Å²) in [4.78, 5) is 5.70. The fourth-order valence-corrected chi connectivity index (χ4v) is 3.16. The molecule has 0 fully saturated rings. The molecule has 5 heteroatoms. The van der Waals surface area contributed by atoms with Gasteiger partial charge in [-0.15, -0.1) is 11.3 Å². The van der Waals surface area contributed by atoms with E-state index in [-0.39, 0.29) is 0 Å². The number of rotatable bonds is 6. The predicted octanol–water partition coefficient (Wildman–Crippen LogP) is 2.18. The summed E-state index contributed by atoms with van der Waals surface area (Å²) in [5, 5.41) is 4.51. The average Bonchev–Trinajstić information content (AvgIpc) is 2.57. The summed E-state index contributed by atoms with van der Waals surface area (Å²) >= 11 is 1.74. The normalized spacial score (nSPS) is 15.0. The summed E-state index contributed by atoms with van der Waals surface area (Å²) < 4.78 is 11.3. The first-order chi connectivity index (χ1) is 7.54. The van der Waals surface area contributed by atoms with Gasteiger partial charge in [-0.2, -0.15) is 0 Å². The van der Waals surface area contributed by atoms with Crippen LogP contribution < -0.4 is 5.32 Å². The number of nitrogens with one attached hydrogen (secondary N) is 1. The molecule has 2 atom stereocenters. The van der Waals surface area contributed by atoms with Crippen LogP contribution >= 0.6 is 11.3 Å². The van der Waals surface area contributed by atoms with Crippen molar-refractivity contribution in [1.82, 2.24) is 10.3 Å². The van der Waals surface area contributed by atoms with Crippen LogP contribution in [0.2, 0.25) is 0 Å². The highest BCUT2D eigenvalue weighted by Gasteiger charge is 2.12. The van der Waals surface area contributed by atoms with Crippen molar-refractivity contribution in [3.63, 3.8) is 0 Å². The second-order valence-corrected chi connectivity index (χ2v) is 6.89. The third kappa shape index (κ3) is 3.96. The van der Waals surface area contributed by atoms with Gasteiger partial charge in [0.15, 0.2) is 0 Å². The Morgan fingerprint density at radius 1 is 1.50 bits per heavy atom. The number of aryl methyl sites for hydroxylation is 2. The molecule has 0 saturated carbocycles. The van der Waals surface area contributed by atoms with Crippen molar-refractivity contribution in [3.8, 4) is 0 Å². The molecular weight excluding hydrogens is 240 g/mol. The van der Waals surface area contributed by atoms with Crippen LogP contribution in [0.5, 0.6) is 0 Å². The molecule has 0 aliphatic carbocycles. The minimum Gasteiger partial charge on any atom is -0.308 e. The second kappa shape index (κ2) is 6.47. The lowest BCUT2D eigenvalue weighted by molar-refractivity contribution is 0.601. The first-order valence-corrected chi connectivity index (χ1v) is 7.87. The van der Waals surface area contributed by atoms with Gasteiger partial charge in [-0.3, -0.25) is 4.21 Å². The van der Waals surface area contributed by atoms with Crippen LogP contribution in [0.25, 0.3) is 0 Å². The monoisotopic (exact) mass is 260 g/mol. The van der Waals surface area contributed by atoms with Crippen molar-refractivity contribution < 1.29 is 4.21 Å². The van der Waals surface area contributed by atoms with Gasteiger partial charge in [0, 0.05) is 39.8 Å². The smallest absolute Gasteiger partial charge is 0.0900 e. The van der Waals surface area contributed by atoms with Crippen LogP contribution in [0.3, 0.4) is 0 Å². The molecule has 3 nitrogen and oxygen atoms in total. The van der Waals surface area contributed by atoms with E-state index in [2.05, 4.69) is 17.2 Å². The Labute approximate surface area is 104 Å². The van der Waals surface area contributed by atoms with E-state index in [0.717, 1.165) is 28.8 Å². The first kappa shape index (κ1) is 13.8. The maximum absolute atomic E-state index is 11.3. The van der Waals surface area contributed by atoms with Gasteiger partial charge in [0.25, 0.3) is 0 Å². The molecular formula is C11H20N2OS2. The molecule has 16 heavy (non-hydrogen) atoms. The molecule has 92 valence electrons. The van der Waals surface area contributed by atoms with E-state index in [1.54, 1.807) is 11.3 Å². The summed E-state index contributed by atoms with van der Waals surface area (Å²) in [7, 11) is -0.675. The Kier molecular flexibility index (Phi) is 5.58. The summed E-state index contributed by atoms with van der Waals surface area (Å²) in [6, 6.07) is 0.306. The zero-order valence-corrected chi connectivity index (χ0v) is 12.0. The van der Waals surface area contributed by atoms with Crippen molar-refractivity contribution in [1.29, 1.82) is 0 Å². The first-order valence-electron chi connectivity index (χ1n) is 5.56. The van der Waals surface area contributed by atoms with Gasteiger partial charge in [-0.1, -0.05) is 6.92 Å². The SMILES string of the molecule is CCS(=O)CCNC(C)c1sc(C)nc1C. The van der Waals surface area contributed by atoms with E-state index in [4.69, 9.17) is 0 Å². The Morgan fingerprint density at radius 3 is 2.69 bits per heavy atom. The quantitative estimate of drug-likeness (QED) is 0.852. The van der Waals surface area contributed by atoms with Gasteiger partial charge in [0.05, 0.1) is 10.7 Å². The van der Waals surface area contributed by atoms with E-state index in [1.807, 2.05) is 20.8 Å². The second-order valence-electron chi connectivity index (χ2n) is 3.79. The lowest BCUT2D eigenvalue weighted by atomic mass is 10.2. The van der Waals surface area contributed by atoms with Crippen LogP contribution in [-0.4, -0.2) is 27.2 Å². The van der Waals surface area contributed by atoms with Crippen LogP contribution in [-0.2, 0) is 10.8 Å². The van der Waals surface area contributed by atoms with Crippen molar-refractivity contribution in [2.75, 3.05) is 18.1 Å². The van der Waals surface area contributed by atoms with Crippen molar-refractivity contribution in [3.05, 3.63) is 15.6 Å². The molecule has 0 radical (unpaired) electrons. The minimum absolute atomic E-state index is 0.306. The average molecular weight is 260 g/mol. The molecule has 0 amide bonds. The Balaban J connectivity index is 2.43. The molecule has 0 spiro atoms. The molecule has 1 heterocycles. The third-order valence-corrected chi connectivity index (χ3v) is 4.99. The zero-order chi connectivity index (χ0) is 12.1. The van der Waals surface area contributed by atoms with Crippen molar-refractivity contribution >= 4 is 22.1 Å². The summed E-state index contributed by atoms with van der Waals surface area (Å²) in [6.07, 6.45) is 0. The maximum Gasteiger partial charge on any atom is 0.0900 e. The summed E-state index contributed by atoms with van der Waals surface area (Å²) in [5.74, 6) is 1.48. The van der Waals surface area contributed by atoms with Gasteiger partial charge in [0.2, 0.25) is 0 Å². The largest absolute Gasteiger partial charge is 0.308 e. The van der Waals surface area contributed by atoms with Gasteiger partial charge in [0.1, 0.15) is 0 Å². The van der Waals surface area contributed by atoms with Crippen LogP contribution in [0.15, 0.2) is 0 Å². The number of thiazole rings is 1. The topological polar surface area (TPSA) is 42.0 Å². The van der Waals surface area contributed by atoms with E-state index < -0.39 is 10.8 Å². The van der Waals surface area contributed by atoms with Crippen molar-refractivity contribution in [2.45, 2.75) is 33.7 Å². The maximum atomic E-state index is 11.3. The molecule has 0 aliphatic rings. The van der Waals surface area contributed by atoms with Crippen molar-refractivity contribution in [2.24, 2.45) is 0 Å². The molecule has 1 aromatic heterocycles. The molecule has 1 N–H and O–H groups in total. The highest BCUT2D eigenvalue weighted by Crippen LogP contribution is 2.23. The Bertz CT molecular complexity index is 363. The van der Waals surface area contributed by atoms with Crippen LogP contribution in [0, 0.1) is 13.8 Å². The van der Waals surface area contributed by atoms with E-state index in [1.165, 1.54) is 4.88 Å².